The molecule has 6 rings (SSSR count). The molecule has 0 amide bonds. The van der Waals surface area contributed by atoms with Crippen molar-refractivity contribution >= 4 is 11.5 Å². The molecule has 0 bridgehead atoms. The second-order valence-corrected chi connectivity index (χ2v) is 10.7. The number of nitrogens with zero attached hydrogens (tertiary/aromatic N) is 1. The van der Waals surface area contributed by atoms with E-state index >= 15 is 0 Å². The SMILES string of the molecule is [C-]#[N+]c1ccc([C@H]2C[C@]3(C)C(=O)CCC3C3CCC4=CC5(CCC4=C32)OCCO5)cc1C. The van der Waals surface area contributed by atoms with E-state index in [2.05, 4.69) is 30.0 Å². The minimum atomic E-state index is -0.512. The number of hydrogen-bond acceptors (Lipinski definition) is 3. The van der Waals surface area contributed by atoms with Crippen LogP contribution in [0, 0.1) is 30.7 Å². The van der Waals surface area contributed by atoms with Gasteiger partial charge in [0.25, 0.3) is 0 Å². The van der Waals surface area contributed by atoms with Crippen LogP contribution in [0.1, 0.15) is 68.9 Å². The third kappa shape index (κ3) is 2.84. The van der Waals surface area contributed by atoms with Crippen LogP contribution in [0.5, 0.6) is 0 Å². The number of carbonyl (C=O) groups excluding carboxylic acids is 1. The first kappa shape index (κ1) is 20.4. The van der Waals surface area contributed by atoms with E-state index in [1.807, 2.05) is 13.0 Å². The minimum Gasteiger partial charge on any atom is -0.344 e. The van der Waals surface area contributed by atoms with Crippen LogP contribution in [0.3, 0.4) is 0 Å². The van der Waals surface area contributed by atoms with Gasteiger partial charge in [-0.2, -0.15) is 0 Å². The van der Waals surface area contributed by atoms with Gasteiger partial charge in [-0.05, 0) is 79.2 Å². The monoisotopic (exact) mass is 429 g/mol. The number of rotatable bonds is 1. The van der Waals surface area contributed by atoms with Crippen LogP contribution in [-0.4, -0.2) is 24.8 Å². The van der Waals surface area contributed by atoms with Gasteiger partial charge >= 0.3 is 0 Å². The highest BCUT2D eigenvalue weighted by Gasteiger charge is 2.56. The molecule has 0 radical (unpaired) electrons. The molecule has 4 aliphatic carbocycles. The molecule has 32 heavy (non-hydrogen) atoms. The summed E-state index contributed by atoms with van der Waals surface area (Å²) in [6, 6.07) is 6.32. The molecule has 5 aliphatic rings. The highest BCUT2D eigenvalue weighted by Crippen LogP contribution is 2.63. The Hall–Kier alpha value is -2.22. The molecule has 4 nitrogen and oxygen atoms in total. The Kier molecular flexibility index (Phi) is 4.55. The number of allylic oxidation sites excluding steroid dienone is 3. The van der Waals surface area contributed by atoms with Crippen molar-refractivity contribution in [3.05, 3.63) is 63.5 Å². The molecule has 0 N–H and O–H groups in total. The van der Waals surface area contributed by atoms with Crippen molar-refractivity contribution in [1.82, 2.24) is 0 Å². The average molecular weight is 430 g/mol. The standard InChI is InChI=1S/C28H31NO3/c1-17-14-18(5-8-24(17)29-3)22-16-27(2)23(7-9-25(27)30)21-6-4-19-15-28(31-12-13-32-28)11-10-20(19)26(21)22/h5,8,14-15,21-23H,4,6-7,9-13,16H2,1-2H3/t21?,22-,23?,27+/m1/s1. The number of hydrogen-bond donors (Lipinski definition) is 0. The van der Waals surface area contributed by atoms with Crippen molar-refractivity contribution in [3.8, 4) is 0 Å². The van der Waals surface area contributed by atoms with Gasteiger partial charge in [0.15, 0.2) is 11.5 Å². The van der Waals surface area contributed by atoms with Crippen LogP contribution < -0.4 is 0 Å². The predicted octanol–water partition coefficient (Wildman–Crippen LogP) is 6.19. The largest absolute Gasteiger partial charge is 0.344 e. The van der Waals surface area contributed by atoms with Crippen LogP contribution in [0.4, 0.5) is 5.69 Å². The van der Waals surface area contributed by atoms with Gasteiger partial charge in [0.05, 0.1) is 19.8 Å². The van der Waals surface area contributed by atoms with Crippen molar-refractivity contribution in [2.45, 2.75) is 70.5 Å². The van der Waals surface area contributed by atoms with E-state index in [0.29, 0.717) is 30.8 Å². The van der Waals surface area contributed by atoms with Crippen LogP contribution >= 0.6 is 0 Å². The Morgan fingerprint density at radius 2 is 1.94 bits per heavy atom. The third-order valence-electron chi connectivity index (χ3n) is 9.12. The Bertz CT molecular complexity index is 1100. The van der Waals surface area contributed by atoms with Gasteiger partial charge in [0, 0.05) is 24.2 Å². The molecule has 166 valence electrons. The van der Waals surface area contributed by atoms with E-state index < -0.39 is 5.79 Å². The number of ether oxygens (including phenoxy) is 2. The first-order valence-electron chi connectivity index (χ1n) is 12.2. The molecule has 1 aliphatic heterocycles. The Labute approximate surface area is 190 Å². The molecule has 4 heteroatoms. The van der Waals surface area contributed by atoms with Crippen LogP contribution in [-0.2, 0) is 14.3 Å². The van der Waals surface area contributed by atoms with Crippen molar-refractivity contribution in [2.24, 2.45) is 17.3 Å². The van der Waals surface area contributed by atoms with E-state index in [1.165, 1.54) is 16.7 Å². The van der Waals surface area contributed by atoms with Crippen molar-refractivity contribution in [2.75, 3.05) is 13.2 Å². The van der Waals surface area contributed by atoms with Crippen LogP contribution in [0.25, 0.3) is 4.85 Å². The Balaban J connectivity index is 1.50. The fraction of sp³-hybridized carbons (Fsp3) is 0.571. The summed E-state index contributed by atoms with van der Waals surface area (Å²) in [5.41, 5.74) is 7.33. The van der Waals surface area contributed by atoms with E-state index in [1.54, 1.807) is 5.57 Å². The first-order chi connectivity index (χ1) is 15.4. The van der Waals surface area contributed by atoms with Crippen LogP contribution in [0.2, 0.25) is 0 Å². The zero-order valence-electron chi connectivity index (χ0n) is 19.1. The fourth-order valence-electron chi connectivity index (χ4n) is 7.57. The molecule has 2 unspecified atom stereocenters. The van der Waals surface area contributed by atoms with Gasteiger partial charge in [-0.1, -0.05) is 30.7 Å². The quantitative estimate of drug-likeness (QED) is 0.500. The molecule has 4 atom stereocenters. The maximum absolute atomic E-state index is 13.1. The van der Waals surface area contributed by atoms with Crippen LogP contribution in [0.15, 0.2) is 41.0 Å². The minimum absolute atomic E-state index is 0.222. The van der Waals surface area contributed by atoms with Crippen molar-refractivity contribution < 1.29 is 14.3 Å². The highest BCUT2D eigenvalue weighted by molar-refractivity contribution is 5.87. The second-order valence-electron chi connectivity index (χ2n) is 10.7. The summed E-state index contributed by atoms with van der Waals surface area (Å²) in [6.45, 7) is 13.1. The summed E-state index contributed by atoms with van der Waals surface area (Å²) in [5.74, 6) is 1.15. The lowest BCUT2D eigenvalue weighted by atomic mass is 9.53. The van der Waals surface area contributed by atoms with Gasteiger partial charge in [0.1, 0.15) is 5.78 Å². The number of Topliss-reactive ketones (excluding diaryl/α,β-unsaturated/α-hetero) is 1. The molecule has 1 aromatic carbocycles. The van der Waals surface area contributed by atoms with E-state index in [-0.39, 0.29) is 11.3 Å². The number of fused-ring (bicyclic) bond motifs is 4. The summed E-state index contributed by atoms with van der Waals surface area (Å²) in [5, 5.41) is 0. The van der Waals surface area contributed by atoms with Gasteiger partial charge in [0.2, 0.25) is 0 Å². The zero-order chi connectivity index (χ0) is 22.1. The molecule has 1 aromatic rings. The molecule has 3 fully saturated rings. The van der Waals surface area contributed by atoms with Gasteiger partial charge < -0.3 is 9.47 Å². The topological polar surface area (TPSA) is 39.9 Å². The molecular formula is C28H31NO3. The third-order valence-corrected chi connectivity index (χ3v) is 9.12. The number of ketones is 1. The number of carbonyl (C=O) groups is 1. The van der Waals surface area contributed by atoms with Crippen molar-refractivity contribution in [3.63, 3.8) is 0 Å². The maximum Gasteiger partial charge on any atom is 0.190 e. The van der Waals surface area contributed by atoms with Gasteiger partial charge in [-0.15, -0.1) is 0 Å². The Morgan fingerprint density at radius 1 is 1.12 bits per heavy atom. The van der Waals surface area contributed by atoms with Gasteiger partial charge in [-0.25, -0.2) is 4.85 Å². The van der Waals surface area contributed by atoms with E-state index in [4.69, 9.17) is 16.0 Å². The molecular weight excluding hydrogens is 398 g/mol. The molecule has 2 saturated carbocycles. The van der Waals surface area contributed by atoms with E-state index in [0.717, 1.165) is 56.2 Å². The van der Waals surface area contributed by atoms with Gasteiger partial charge in [-0.3, -0.25) is 4.79 Å². The molecule has 1 saturated heterocycles. The normalized spacial score (nSPS) is 35.2. The highest BCUT2D eigenvalue weighted by atomic mass is 16.7. The lowest BCUT2D eigenvalue weighted by Gasteiger charge is -2.51. The fourth-order valence-corrected chi connectivity index (χ4v) is 7.57. The van der Waals surface area contributed by atoms with Crippen molar-refractivity contribution in [1.29, 1.82) is 0 Å². The van der Waals surface area contributed by atoms with E-state index in [9.17, 15) is 4.79 Å². The predicted molar refractivity (Wildman–Crippen MR) is 122 cm³/mol. The summed E-state index contributed by atoms with van der Waals surface area (Å²) >= 11 is 0. The summed E-state index contributed by atoms with van der Waals surface area (Å²) in [6.07, 6.45) is 8.99. The molecule has 1 heterocycles. The summed E-state index contributed by atoms with van der Waals surface area (Å²) < 4.78 is 12.0. The molecule has 1 spiro atoms. The lowest BCUT2D eigenvalue weighted by molar-refractivity contribution is -0.128. The maximum atomic E-state index is 13.1. The Morgan fingerprint density at radius 3 is 2.69 bits per heavy atom. The zero-order valence-corrected chi connectivity index (χ0v) is 19.1. The number of benzene rings is 1. The molecule has 0 aromatic heterocycles. The number of aryl methyl sites for hydroxylation is 1. The lowest BCUT2D eigenvalue weighted by Crippen LogP contribution is -2.44. The smallest absolute Gasteiger partial charge is 0.190 e. The summed E-state index contributed by atoms with van der Waals surface area (Å²) in [7, 11) is 0. The average Bonchev–Trinajstić information content (AvgIpc) is 3.36. The first-order valence-corrected chi connectivity index (χ1v) is 12.2. The summed E-state index contributed by atoms with van der Waals surface area (Å²) in [4.78, 5) is 16.8. The second kappa shape index (κ2) is 7.14.